The number of ether oxygens (including phenoxy) is 1. The third-order valence-corrected chi connectivity index (χ3v) is 7.49. The van der Waals surface area contributed by atoms with Crippen LogP contribution in [0.3, 0.4) is 0 Å². The molecule has 2 amide bonds. The zero-order valence-electron chi connectivity index (χ0n) is 22.0. The number of carbonyl (C=O) groups is 2. The van der Waals surface area contributed by atoms with Crippen molar-refractivity contribution in [2.75, 3.05) is 42.7 Å². The van der Waals surface area contributed by atoms with E-state index in [-0.39, 0.29) is 17.6 Å². The topological polar surface area (TPSA) is 101 Å². The number of carbonyl (C=O) groups excluding carboxylic acids is 2. The van der Waals surface area contributed by atoms with Gasteiger partial charge >= 0.3 is 0 Å². The molecule has 9 nitrogen and oxygen atoms in total. The van der Waals surface area contributed by atoms with Crippen LogP contribution in [0.4, 0.5) is 11.4 Å². The van der Waals surface area contributed by atoms with E-state index in [1.54, 1.807) is 24.3 Å². The molecular weight excluding hydrogens is 548 g/mol. The number of nitrogens with zero attached hydrogens (tertiary/aromatic N) is 4. The summed E-state index contributed by atoms with van der Waals surface area (Å²) in [6.45, 7) is 5.56. The van der Waals surface area contributed by atoms with Gasteiger partial charge in [0.05, 0.1) is 36.8 Å². The van der Waals surface area contributed by atoms with Gasteiger partial charge in [-0.1, -0.05) is 47.6 Å². The van der Waals surface area contributed by atoms with Crippen LogP contribution in [0, 0.1) is 6.92 Å². The van der Waals surface area contributed by atoms with Gasteiger partial charge in [-0.05, 0) is 61.0 Å². The number of hydrogen-bond donors (Lipinski definition) is 2. The van der Waals surface area contributed by atoms with E-state index in [4.69, 9.17) is 16.3 Å². The number of nitrogens with one attached hydrogen (secondary N) is 2. The Hall–Kier alpha value is -3.70. The standard InChI is InChI=1S/C29H29ClN6O3S/c1-20-5-4-6-22(17-20)31-28(38)24-7-2-3-8-25(24)32-27(37)19-40-29-34-33-26(18-35-13-15-39-16-14-35)36(29)23-11-9-21(30)10-12-23/h2-12,17H,13-16,18-19H2,1H3,(H,31,38)(H,32,37). The number of benzene rings is 3. The minimum absolute atomic E-state index is 0.0805. The molecule has 40 heavy (non-hydrogen) atoms. The van der Waals surface area contributed by atoms with Crippen molar-refractivity contribution in [3.8, 4) is 5.69 Å². The predicted octanol–water partition coefficient (Wildman–Crippen LogP) is 5.04. The molecule has 2 N–H and O–H groups in total. The van der Waals surface area contributed by atoms with Crippen LogP contribution in [0.2, 0.25) is 5.02 Å². The summed E-state index contributed by atoms with van der Waals surface area (Å²) < 4.78 is 7.42. The van der Waals surface area contributed by atoms with E-state index < -0.39 is 0 Å². The van der Waals surface area contributed by atoms with Crippen LogP contribution in [0.15, 0.2) is 78.0 Å². The summed E-state index contributed by atoms with van der Waals surface area (Å²) in [5, 5.41) is 15.8. The molecule has 0 radical (unpaired) electrons. The number of hydrogen-bond acceptors (Lipinski definition) is 7. The van der Waals surface area contributed by atoms with E-state index in [0.717, 1.165) is 30.2 Å². The molecule has 4 aromatic rings. The fourth-order valence-corrected chi connectivity index (χ4v) is 5.23. The monoisotopic (exact) mass is 576 g/mol. The average molecular weight is 577 g/mol. The minimum atomic E-state index is -0.301. The first-order valence-corrected chi connectivity index (χ1v) is 14.2. The molecule has 1 fully saturated rings. The quantitative estimate of drug-likeness (QED) is 0.269. The minimum Gasteiger partial charge on any atom is -0.379 e. The zero-order chi connectivity index (χ0) is 27.9. The fourth-order valence-electron chi connectivity index (χ4n) is 4.33. The largest absolute Gasteiger partial charge is 0.379 e. The number of halogens is 1. The van der Waals surface area contributed by atoms with E-state index in [1.807, 2.05) is 60.0 Å². The second kappa shape index (κ2) is 13.1. The summed E-state index contributed by atoms with van der Waals surface area (Å²) >= 11 is 7.40. The Morgan fingerprint density at radius 2 is 1.75 bits per heavy atom. The number of aromatic nitrogens is 3. The summed E-state index contributed by atoms with van der Waals surface area (Å²) in [6, 6.07) is 21.9. The highest BCUT2D eigenvalue weighted by Crippen LogP contribution is 2.25. The lowest BCUT2D eigenvalue weighted by molar-refractivity contribution is -0.113. The number of morpholine rings is 1. The lowest BCUT2D eigenvalue weighted by atomic mass is 10.1. The molecule has 0 aliphatic carbocycles. The first kappa shape index (κ1) is 27.9. The maximum atomic E-state index is 13.0. The second-order valence-corrected chi connectivity index (χ2v) is 10.7. The highest BCUT2D eigenvalue weighted by atomic mass is 35.5. The van der Waals surface area contributed by atoms with E-state index in [9.17, 15) is 9.59 Å². The van der Waals surface area contributed by atoms with Crippen LogP contribution in [0.5, 0.6) is 0 Å². The summed E-state index contributed by atoms with van der Waals surface area (Å²) in [5.41, 5.74) is 3.40. The second-order valence-electron chi connectivity index (χ2n) is 9.31. The zero-order valence-corrected chi connectivity index (χ0v) is 23.5. The summed E-state index contributed by atoms with van der Waals surface area (Å²) in [5.74, 6) is 0.285. The van der Waals surface area contributed by atoms with Gasteiger partial charge in [-0.15, -0.1) is 10.2 Å². The Morgan fingerprint density at radius 3 is 2.52 bits per heavy atom. The Balaban J connectivity index is 1.29. The molecule has 0 bridgehead atoms. The Morgan fingerprint density at radius 1 is 0.975 bits per heavy atom. The molecule has 1 aliphatic heterocycles. The molecule has 3 aromatic carbocycles. The van der Waals surface area contributed by atoms with Crippen LogP contribution in [0.1, 0.15) is 21.7 Å². The van der Waals surface area contributed by atoms with Crippen molar-refractivity contribution in [1.29, 1.82) is 0 Å². The number of rotatable bonds is 9. The maximum absolute atomic E-state index is 13.0. The van der Waals surface area contributed by atoms with Crippen LogP contribution in [0.25, 0.3) is 5.69 Å². The van der Waals surface area contributed by atoms with E-state index in [2.05, 4.69) is 25.7 Å². The van der Waals surface area contributed by atoms with Crippen molar-refractivity contribution in [2.45, 2.75) is 18.6 Å². The van der Waals surface area contributed by atoms with Crippen molar-refractivity contribution < 1.29 is 14.3 Å². The number of amides is 2. The number of thioether (sulfide) groups is 1. The molecule has 1 aliphatic rings. The summed E-state index contributed by atoms with van der Waals surface area (Å²) in [7, 11) is 0. The van der Waals surface area contributed by atoms with Crippen LogP contribution < -0.4 is 10.6 Å². The molecule has 1 aromatic heterocycles. The van der Waals surface area contributed by atoms with E-state index in [0.29, 0.717) is 46.9 Å². The van der Waals surface area contributed by atoms with Gasteiger partial charge in [0.1, 0.15) is 0 Å². The van der Waals surface area contributed by atoms with Gasteiger partial charge in [0.15, 0.2) is 11.0 Å². The molecule has 0 atom stereocenters. The van der Waals surface area contributed by atoms with Crippen LogP contribution >= 0.6 is 23.4 Å². The van der Waals surface area contributed by atoms with Crippen LogP contribution in [-0.2, 0) is 16.1 Å². The Kier molecular flexibility index (Phi) is 9.12. The van der Waals surface area contributed by atoms with Crippen LogP contribution in [-0.4, -0.2) is 63.5 Å². The molecule has 2 heterocycles. The van der Waals surface area contributed by atoms with Gasteiger partial charge < -0.3 is 15.4 Å². The molecule has 0 unspecified atom stereocenters. The first-order valence-electron chi connectivity index (χ1n) is 12.9. The Labute approximate surface area is 241 Å². The van der Waals surface area contributed by atoms with Crippen molar-refractivity contribution in [3.05, 3.63) is 94.8 Å². The predicted molar refractivity (Wildman–Crippen MR) is 157 cm³/mol. The number of para-hydroxylation sites is 1. The van der Waals surface area contributed by atoms with Crippen molar-refractivity contribution in [3.63, 3.8) is 0 Å². The molecule has 0 spiro atoms. The highest BCUT2D eigenvalue weighted by Gasteiger charge is 2.20. The molecule has 1 saturated heterocycles. The lowest BCUT2D eigenvalue weighted by Crippen LogP contribution is -2.36. The number of aryl methyl sites for hydroxylation is 1. The van der Waals surface area contributed by atoms with Gasteiger partial charge in [-0.25, -0.2) is 0 Å². The molecule has 5 rings (SSSR count). The highest BCUT2D eigenvalue weighted by molar-refractivity contribution is 7.99. The first-order chi connectivity index (χ1) is 19.5. The molecule has 206 valence electrons. The van der Waals surface area contributed by atoms with Gasteiger partial charge in [0, 0.05) is 29.5 Å². The van der Waals surface area contributed by atoms with Gasteiger partial charge in [-0.2, -0.15) is 0 Å². The summed E-state index contributed by atoms with van der Waals surface area (Å²) in [6.07, 6.45) is 0. The smallest absolute Gasteiger partial charge is 0.257 e. The fraction of sp³-hybridized carbons (Fsp3) is 0.241. The van der Waals surface area contributed by atoms with Crippen molar-refractivity contribution in [1.82, 2.24) is 19.7 Å². The van der Waals surface area contributed by atoms with Gasteiger partial charge in [-0.3, -0.25) is 19.1 Å². The third kappa shape index (κ3) is 7.08. The van der Waals surface area contributed by atoms with E-state index in [1.165, 1.54) is 11.8 Å². The normalized spacial score (nSPS) is 13.7. The lowest BCUT2D eigenvalue weighted by Gasteiger charge is -2.26. The van der Waals surface area contributed by atoms with Gasteiger partial charge in [0.25, 0.3) is 5.91 Å². The summed E-state index contributed by atoms with van der Waals surface area (Å²) in [4.78, 5) is 28.3. The molecular formula is C29H29ClN6O3S. The molecule has 0 saturated carbocycles. The van der Waals surface area contributed by atoms with E-state index >= 15 is 0 Å². The third-order valence-electron chi connectivity index (χ3n) is 6.31. The van der Waals surface area contributed by atoms with Crippen molar-refractivity contribution in [2.24, 2.45) is 0 Å². The number of anilines is 2. The SMILES string of the molecule is Cc1cccc(NC(=O)c2ccccc2NC(=O)CSc2nnc(CN3CCOCC3)n2-c2ccc(Cl)cc2)c1. The average Bonchev–Trinajstić information content (AvgIpc) is 3.35. The van der Waals surface area contributed by atoms with Crippen molar-refractivity contribution >= 4 is 46.6 Å². The Bertz CT molecular complexity index is 1490. The molecule has 11 heteroatoms. The van der Waals surface area contributed by atoms with Gasteiger partial charge in [0.2, 0.25) is 5.91 Å². The maximum Gasteiger partial charge on any atom is 0.257 e.